The number of benzene rings is 1. The van der Waals surface area contributed by atoms with Crippen LogP contribution in [0.1, 0.15) is 25.3 Å². The Bertz CT molecular complexity index is 363. The van der Waals surface area contributed by atoms with E-state index in [1.165, 1.54) is 0 Å². The molecule has 4 heteroatoms. The predicted octanol–water partition coefficient (Wildman–Crippen LogP) is 2.93. The molecule has 0 heterocycles. The van der Waals surface area contributed by atoms with Gasteiger partial charge in [-0.2, -0.15) is 0 Å². The number of hydrogen-bond acceptors (Lipinski definition) is 2. The lowest BCUT2D eigenvalue weighted by Gasteiger charge is -2.13. The molecule has 0 aliphatic heterocycles. The lowest BCUT2D eigenvalue weighted by molar-refractivity contribution is -0.138. The molecule has 3 nitrogen and oxygen atoms in total. The van der Waals surface area contributed by atoms with Crippen LogP contribution in [0.3, 0.4) is 0 Å². The van der Waals surface area contributed by atoms with Gasteiger partial charge < -0.3 is 9.84 Å². The van der Waals surface area contributed by atoms with Crippen LogP contribution < -0.4 is 4.74 Å². The van der Waals surface area contributed by atoms with Gasteiger partial charge in [-0.05, 0) is 32.0 Å². The maximum atomic E-state index is 10.9. The molecule has 0 bridgehead atoms. The normalized spacial score (nSPS) is 12.2. The second kappa shape index (κ2) is 5.03. The van der Waals surface area contributed by atoms with Gasteiger partial charge in [0.05, 0.1) is 12.5 Å². The van der Waals surface area contributed by atoms with Gasteiger partial charge >= 0.3 is 5.97 Å². The molecule has 0 spiro atoms. The number of carboxylic acids is 1. The maximum Gasteiger partial charge on any atom is 0.310 e. The quantitative estimate of drug-likeness (QED) is 0.862. The second-order valence-corrected chi connectivity index (χ2v) is 3.61. The zero-order valence-electron chi connectivity index (χ0n) is 8.66. The van der Waals surface area contributed by atoms with E-state index in [-0.39, 0.29) is 0 Å². The second-order valence-electron chi connectivity index (χ2n) is 3.18. The van der Waals surface area contributed by atoms with E-state index in [0.29, 0.717) is 22.9 Å². The highest BCUT2D eigenvalue weighted by atomic mass is 35.5. The van der Waals surface area contributed by atoms with Crippen molar-refractivity contribution >= 4 is 17.6 Å². The summed E-state index contributed by atoms with van der Waals surface area (Å²) in [7, 11) is 0. The first-order valence-electron chi connectivity index (χ1n) is 4.71. The number of ether oxygens (including phenoxy) is 1. The summed E-state index contributed by atoms with van der Waals surface area (Å²) in [6.07, 6.45) is 0. The number of aliphatic carboxylic acids is 1. The van der Waals surface area contributed by atoms with E-state index in [9.17, 15) is 4.79 Å². The van der Waals surface area contributed by atoms with Crippen molar-refractivity contribution in [3.8, 4) is 5.75 Å². The van der Waals surface area contributed by atoms with Crippen molar-refractivity contribution in [1.29, 1.82) is 0 Å². The first-order chi connectivity index (χ1) is 7.06. The Kier molecular flexibility index (Phi) is 3.97. The van der Waals surface area contributed by atoms with E-state index < -0.39 is 11.9 Å². The third kappa shape index (κ3) is 2.86. The molecule has 82 valence electrons. The molecule has 15 heavy (non-hydrogen) atoms. The van der Waals surface area contributed by atoms with Gasteiger partial charge in [0.25, 0.3) is 0 Å². The van der Waals surface area contributed by atoms with Crippen LogP contribution in [0.5, 0.6) is 5.75 Å². The number of carboxylic acid groups (broad SMARTS) is 1. The highest BCUT2D eigenvalue weighted by Crippen LogP contribution is 2.29. The van der Waals surface area contributed by atoms with Crippen molar-refractivity contribution in [2.24, 2.45) is 0 Å². The Morgan fingerprint density at radius 2 is 2.27 bits per heavy atom. The van der Waals surface area contributed by atoms with E-state index in [2.05, 4.69) is 0 Å². The fraction of sp³-hybridized carbons (Fsp3) is 0.364. The zero-order valence-corrected chi connectivity index (χ0v) is 9.41. The van der Waals surface area contributed by atoms with E-state index in [0.717, 1.165) is 0 Å². The van der Waals surface area contributed by atoms with E-state index in [4.69, 9.17) is 21.4 Å². The molecule has 0 aliphatic carbocycles. The van der Waals surface area contributed by atoms with Crippen molar-refractivity contribution in [1.82, 2.24) is 0 Å². The molecule has 1 unspecified atom stereocenters. The number of halogens is 1. The molecular weight excluding hydrogens is 216 g/mol. The van der Waals surface area contributed by atoms with Crippen LogP contribution in [-0.4, -0.2) is 17.7 Å². The predicted molar refractivity (Wildman–Crippen MR) is 58.7 cm³/mol. The summed E-state index contributed by atoms with van der Waals surface area (Å²) in [5.41, 5.74) is 0.608. The monoisotopic (exact) mass is 228 g/mol. The lowest BCUT2D eigenvalue weighted by atomic mass is 10.0. The molecule has 1 aromatic rings. The minimum Gasteiger partial charge on any atom is -0.494 e. The van der Waals surface area contributed by atoms with Gasteiger partial charge in [-0.1, -0.05) is 11.6 Å². The van der Waals surface area contributed by atoms with E-state index >= 15 is 0 Å². The number of carbonyl (C=O) groups is 1. The molecule has 1 N–H and O–H groups in total. The summed E-state index contributed by atoms with van der Waals surface area (Å²) >= 11 is 5.82. The Morgan fingerprint density at radius 3 is 2.80 bits per heavy atom. The van der Waals surface area contributed by atoms with Crippen molar-refractivity contribution in [3.05, 3.63) is 28.8 Å². The third-order valence-corrected chi connectivity index (χ3v) is 2.34. The SMILES string of the molecule is CCOc1ccc(Cl)cc1C(C)C(=O)O. The fourth-order valence-corrected chi connectivity index (χ4v) is 1.46. The maximum absolute atomic E-state index is 10.9. The molecule has 0 radical (unpaired) electrons. The van der Waals surface area contributed by atoms with Gasteiger partial charge in [-0.15, -0.1) is 0 Å². The smallest absolute Gasteiger partial charge is 0.310 e. The van der Waals surface area contributed by atoms with Crippen LogP contribution in [0.15, 0.2) is 18.2 Å². The van der Waals surface area contributed by atoms with Crippen molar-refractivity contribution < 1.29 is 14.6 Å². The molecule has 0 saturated heterocycles. The Balaban J connectivity index is 3.11. The molecular formula is C11H13ClO3. The number of hydrogen-bond donors (Lipinski definition) is 1. The lowest BCUT2D eigenvalue weighted by Crippen LogP contribution is -2.09. The minimum absolute atomic E-state index is 0.501. The number of rotatable bonds is 4. The molecule has 0 aliphatic rings. The molecule has 1 atom stereocenters. The van der Waals surface area contributed by atoms with Crippen molar-refractivity contribution in [2.45, 2.75) is 19.8 Å². The van der Waals surface area contributed by atoms with Crippen LogP contribution in [-0.2, 0) is 4.79 Å². The summed E-state index contributed by atoms with van der Waals surface area (Å²) in [6.45, 7) is 3.96. The van der Waals surface area contributed by atoms with Crippen LogP contribution in [0.25, 0.3) is 0 Å². The average molecular weight is 229 g/mol. The summed E-state index contributed by atoms with van der Waals surface area (Å²) in [5.74, 6) is -0.930. The van der Waals surface area contributed by atoms with Gasteiger partial charge in [0, 0.05) is 10.6 Å². The highest BCUT2D eigenvalue weighted by molar-refractivity contribution is 6.30. The largest absolute Gasteiger partial charge is 0.494 e. The molecule has 1 aromatic carbocycles. The highest BCUT2D eigenvalue weighted by Gasteiger charge is 2.18. The van der Waals surface area contributed by atoms with Crippen LogP contribution in [0.4, 0.5) is 0 Å². The van der Waals surface area contributed by atoms with Crippen LogP contribution in [0.2, 0.25) is 5.02 Å². The Hall–Kier alpha value is -1.22. The molecule has 0 aromatic heterocycles. The summed E-state index contributed by atoms with van der Waals surface area (Å²) in [4.78, 5) is 10.9. The summed E-state index contributed by atoms with van der Waals surface area (Å²) in [5, 5.41) is 9.44. The zero-order chi connectivity index (χ0) is 11.4. The van der Waals surface area contributed by atoms with Gasteiger partial charge in [0.2, 0.25) is 0 Å². The minimum atomic E-state index is -0.891. The first-order valence-corrected chi connectivity index (χ1v) is 5.09. The van der Waals surface area contributed by atoms with Crippen LogP contribution >= 0.6 is 11.6 Å². The topological polar surface area (TPSA) is 46.5 Å². The molecule has 0 fully saturated rings. The van der Waals surface area contributed by atoms with Crippen molar-refractivity contribution in [2.75, 3.05) is 6.61 Å². The molecule has 0 amide bonds. The van der Waals surface area contributed by atoms with E-state index in [1.807, 2.05) is 6.92 Å². The average Bonchev–Trinajstić information content (AvgIpc) is 2.20. The molecule has 1 rings (SSSR count). The van der Waals surface area contributed by atoms with E-state index in [1.54, 1.807) is 25.1 Å². The molecule has 0 saturated carbocycles. The summed E-state index contributed by atoms with van der Waals surface area (Å²) in [6, 6.07) is 5.01. The third-order valence-electron chi connectivity index (χ3n) is 2.11. The standard InChI is InChI=1S/C11H13ClO3/c1-3-15-10-5-4-8(12)6-9(10)7(2)11(13)14/h4-7H,3H2,1-2H3,(H,13,14). The summed E-state index contributed by atoms with van der Waals surface area (Å²) < 4.78 is 5.34. The van der Waals surface area contributed by atoms with Crippen LogP contribution in [0, 0.1) is 0 Å². The Labute approximate surface area is 93.6 Å². The van der Waals surface area contributed by atoms with Gasteiger partial charge in [0.15, 0.2) is 0 Å². The first kappa shape index (κ1) is 11.9. The fourth-order valence-electron chi connectivity index (χ4n) is 1.28. The van der Waals surface area contributed by atoms with Gasteiger partial charge in [-0.3, -0.25) is 4.79 Å². The van der Waals surface area contributed by atoms with Gasteiger partial charge in [-0.25, -0.2) is 0 Å². The van der Waals surface area contributed by atoms with Crippen molar-refractivity contribution in [3.63, 3.8) is 0 Å². The Morgan fingerprint density at radius 1 is 1.60 bits per heavy atom. The van der Waals surface area contributed by atoms with Gasteiger partial charge in [0.1, 0.15) is 5.75 Å².